The second-order valence-corrected chi connectivity index (χ2v) is 6.86. The third kappa shape index (κ3) is 2.92. The summed E-state index contributed by atoms with van der Waals surface area (Å²) in [5.41, 5.74) is 4.60. The quantitative estimate of drug-likeness (QED) is 0.599. The molecule has 4 aromatic rings. The van der Waals surface area contributed by atoms with Gasteiger partial charge in [-0.05, 0) is 55.8 Å². The highest BCUT2D eigenvalue weighted by molar-refractivity contribution is 7.22. The standard InChI is InChI=1S/C19H16N4OS/c1-12-4-3-5-16-17(12)21-19(25-16)22-18(24)14-6-8-15(9-7-14)23-13(2)10-11-20-23/h3-11H,1-2H3,(H,21,22,24). The molecule has 25 heavy (non-hydrogen) atoms. The first-order valence-corrected chi connectivity index (χ1v) is 8.72. The van der Waals surface area contributed by atoms with Gasteiger partial charge < -0.3 is 0 Å². The van der Waals surface area contributed by atoms with E-state index in [1.165, 1.54) is 11.3 Å². The molecule has 0 saturated heterocycles. The van der Waals surface area contributed by atoms with Crippen LogP contribution < -0.4 is 5.32 Å². The van der Waals surface area contributed by atoms with Crippen LogP contribution in [0.5, 0.6) is 0 Å². The summed E-state index contributed by atoms with van der Waals surface area (Å²) in [6, 6.07) is 15.3. The Kier molecular flexibility index (Phi) is 3.82. The van der Waals surface area contributed by atoms with Gasteiger partial charge in [-0.25, -0.2) is 9.67 Å². The molecule has 0 saturated carbocycles. The smallest absolute Gasteiger partial charge is 0.257 e. The first-order valence-electron chi connectivity index (χ1n) is 7.90. The van der Waals surface area contributed by atoms with Crippen LogP contribution >= 0.6 is 11.3 Å². The molecule has 2 aromatic heterocycles. The Balaban J connectivity index is 1.56. The van der Waals surface area contributed by atoms with E-state index < -0.39 is 0 Å². The van der Waals surface area contributed by atoms with Crippen molar-refractivity contribution < 1.29 is 4.79 Å². The molecule has 0 atom stereocenters. The number of carbonyl (C=O) groups is 1. The summed E-state index contributed by atoms with van der Waals surface area (Å²) >= 11 is 1.48. The maximum atomic E-state index is 12.5. The fraction of sp³-hybridized carbons (Fsp3) is 0.105. The van der Waals surface area contributed by atoms with E-state index in [9.17, 15) is 4.79 Å². The van der Waals surface area contributed by atoms with Crippen LogP contribution in [0.1, 0.15) is 21.6 Å². The van der Waals surface area contributed by atoms with E-state index in [1.807, 2.05) is 54.9 Å². The van der Waals surface area contributed by atoms with E-state index >= 15 is 0 Å². The van der Waals surface area contributed by atoms with Crippen molar-refractivity contribution in [2.24, 2.45) is 0 Å². The first kappa shape index (κ1) is 15.5. The highest BCUT2D eigenvalue weighted by Gasteiger charge is 2.11. The van der Waals surface area contributed by atoms with E-state index in [-0.39, 0.29) is 5.91 Å². The summed E-state index contributed by atoms with van der Waals surface area (Å²) in [6.07, 6.45) is 1.76. The molecule has 0 spiro atoms. The molecule has 1 amide bonds. The third-order valence-corrected chi connectivity index (χ3v) is 4.98. The average Bonchev–Trinajstić information content (AvgIpc) is 3.21. The number of hydrogen-bond donors (Lipinski definition) is 1. The van der Waals surface area contributed by atoms with Crippen molar-refractivity contribution >= 4 is 32.6 Å². The van der Waals surface area contributed by atoms with Gasteiger partial charge in [-0.1, -0.05) is 23.5 Å². The summed E-state index contributed by atoms with van der Waals surface area (Å²) < 4.78 is 2.90. The van der Waals surface area contributed by atoms with Crippen LogP contribution in [0, 0.1) is 13.8 Å². The van der Waals surface area contributed by atoms with E-state index in [0.29, 0.717) is 10.7 Å². The van der Waals surface area contributed by atoms with E-state index in [1.54, 1.807) is 18.3 Å². The van der Waals surface area contributed by atoms with Gasteiger partial charge in [0.1, 0.15) is 0 Å². The maximum absolute atomic E-state index is 12.5. The minimum absolute atomic E-state index is 0.166. The number of thiazole rings is 1. The fourth-order valence-corrected chi connectivity index (χ4v) is 3.64. The van der Waals surface area contributed by atoms with Gasteiger partial charge in [-0.15, -0.1) is 0 Å². The number of carbonyl (C=O) groups excluding carboxylic acids is 1. The Labute approximate surface area is 149 Å². The second kappa shape index (κ2) is 6.14. The monoisotopic (exact) mass is 348 g/mol. The van der Waals surface area contributed by atoms with Crippen LogP contribution in [0.2, 0.25) is 0 Å². The highest BCUT2D eigenvalue weighted by atomic mass is 32.1. The maximum Gasteiger partial charge on any atom is 0.257 e. The zero-order chi connectivity index (χ0) is 17.4. The molecule has 0 aliphatic rings. The predicted octanol–water partition coefficient (Wildman–Crippen LogP) is 4.35. The van der Waals surface area contributed by atoms with Crippen LogP contribution in [0.25, 0.3) is 15.9 Å². The van der Waals surface area contributed by atoms with Crippen LogP contribution in [0.15, 0.2) is 54.7 Å². The largest absolute Gasteiger partial charge is 0.298 e. The lowest BCUT2D eigenvalue weighted by atomic mass is 10.2. The van der Waals surface area contributed by atoms with Crippen molar-refractivity contribution in [3.8, 4) is 5.69 Å². The SMILES string of the molecule is Cc1cccc2sc(NC(=O)c3ccc(-n4nccc4C)cc3)nc12. The van der Waals surface area contributed by atoms with Gasteiger partial charge in [0.2, 0.25) is 0 Å². The normalized spacial score (nSPS) is 11.0. The Morgan fingerprint density at radius 3 is 2.56 bits per heavy atom. The molecule has 0 bridgehead atoms. The van der Waals surface area contributed by atoms with Crippen LogP contribution in [-0.4, -0.2) is 20.7 Å². The number of nitrogens with one attached hydrogen (secondary N) is 1. The van der Waals surface area contributed by atoms with Crippen molar-refractivity contribution in [2.75, 3.05) is 5.32 Å². The zero-order valence-corrected chi connectivity index (χ0v) is 14.7. The van der Waals surface area contributed by atoms with E-state index in [2.05, 4.69) is 15.4 Å². The zero-order valence-electron chi connectivity index (χ0n) is 13.9. The number of aryl methyl sites for hydroxylation is 2. The van der Waals surface area contributed by atoms with Gasteiger partial charge in [-0.3, -0.25) is 10.1 Å². The summed E-state index contributed by atoms with van der Waals surface area (Å²) in [4.78, 5) is 17.0. The second-order valence-electron chi connectivity index (χ2n) is 5.83. The molecule has 4 rings (SSSR count). The molecule has 2 aromatic carbocycles. The fourth-order valence-electron chi connectivity index (χ4n) is 2.70. The van der Waals surface area contributed by atoms with Gasteiger partial charge in [0.15, 0.2) is 5.13 Å². The molecule has 0 radical (unpaired) electrons. The summed E-state index contributed by atoms with van der Waals surface area (Å²) in [5.74, 6) is -0.166. The van der Waals surface area contributed by atoms with Crippen molar-refractivity contribution in [3.63, 3.8) is 0 Å². The third-order valence-electron chi connectivity index (χ3n) is 4.05. The number of rotatable bonds is 3. The van der Waals surface area contributed by atoms with E-state index in [0.717, 1.165) is 27.2 Å². The number of anilines is 1. The van der Waals surface area contributed by atoms with Crippen LogP contribution in [0.4, 0.5) is 5.13 Å². The molecule has 0 aliphatic heterocycles. The molecule has 124 valence electrons. The molecule has 6 heteroatoms. The number of amides is 1. The van der Waals surface area contributed by atoms with Gasteiger partial charge in [0.05, 0.1) is 15.9 Å². The Hall–Kier alpha value is -2.99. The van der Waals surface area contributed by atoms with E-state index in [4.69, 9.17) is 0 Å². The van der Waals surface area contributed by atoms with Crippen molar-refractivity contribution in [3.05, 3.63) is 71.5 Å². The number of benzene rings is 2. The molecule has 0 aliphatic carbocycles. The molecule has 0 fully saturated rings. The van der Waals surface area contributed by atoms with Gasteiger partial charge in [0.25, 0.3) is 5.91 Å². The molecular weight excluding hydrogens is 332 g/mol. The van der Waals surface area contributed by atoms with Gasteiger partial charge in [-0.2, -0.15) is 5.10 Å². The summed E-state index contributed by atoms with van der Waals surface area (Å²) in [5, 5.41) is 7.77. The molecular formula is C19H16N4OS. The molecule has 0 unspecified atom stereocenters. The van der Waals surface area contributed by atoms with Crippen molar-refractivity contribution in [1.29, 1.82) is 0 Å². The number of para-hydroxylation sites is 1. The predicted molar refractivity (Wildman–Crippen MR) is 101 cm³/mol. The summed E-state index contributed by atoms with van der Waals surface area (Å²) in [6.45, 7) is 4.01. The number of aromatic nitrogens is 3. The van der Waals surface area contributed by atoms with Gasteiger partial charge >= 0.3 is 0 Å². The molecule has 2 heterocycles. The average molecular weight is 348 g/mol. The number of nitrogens with zero attached hydrogens (tertiary/aromatic N) is 3. The van der Waals surface area contributed by atoms with Crippen molar-refractivity contribution in [1.82, 2.24) is 14.8 Å². The minimum atomic E-state index is -0.166. The lowest BCUT2D eigenvalue weighted by Gasteiger charge is -2.06. The lowest BCUT2D eigenvalue weighted by Crippen LogP contribution is -2.11. The molecule has 1 N–H and O–H groups in total. The van der Waals surface area contributed by atoms with Crippen LogP contribution in [-0.2, 0) is 0 Å². The lowest BCUT2D eigenvalue weighted by molar-refractivity contribution is 0.102. The Bertz CT molecular complexity index is 1060. The number of hydrogen-bond acceptors (Lipinski definition) is 4. The summed E-state index contributed by atoms with van der Waals surface area (Å²) in [7, 11) is 0. The first-order chi connectivity index (χ1) is 12.1. The van der Waals surface area contributed by atoms with Crippen LogP contribution in [0.3, 0.4) is 0 Å². The highest BCUT2D eigenvalue weighted by Crippen LogP contribution is 2.28. The minimum Gasteiger partial charge on any atom is -0.298 e. The number of fused-ring (bicyclic) bond motifs is 1. The topological polar surface area (TPSA) is 59.8 Å². The Morgan fingerprint density at radius 1 is 1.08 bits per heavy atom. The van der Waals surface area contributed by atoms with Gasteiger partial charge in [0, 0.05) is 17.5 Å². The molecule has 5 nitrogen and oxygen atoms in total. The Morgan fingerprint density at radius 2 is 1.88 bits per heavy atom. The van der Waals surface area contributed by atoms with Crippen molar-refractivity contribution in [2.45, 2.75) is 13.8 Å².